The minimum atomic E-state index is -6.02. The SMILES string of the molecule is C=C(C(=O)OC(OCC(F)(F)S)(C(=O)NC(C)C)C(F)(F)F)C(F)(F)F. The Morgan fingerprint density at radius 2 is 1.54 bits per heavy atom. The van der Waals surface area contributed by atoms with Crippen molar-refractivity contribution in [1.29, 1.82) is 0 Å². The lowest BCUT2D eigenvalue weighted by Crippen LogP contribution is -2.63. The van der Waals surface area contributed by atoms with Gasteiger partial charge in [-0.2, -0.15) is 35.1 Å². The van der Waals surface area contributed by atoms with Crippen LogP contribution in [0.15, 0.2) is 12.2 Å². The molecular formula is C12H13F8NO4S. The minimum Gasteiger partial charge on any atom is -0.412 e. The van der Waals surface area contributed by atoms with Gasteiger partial charge in [0.2, 0.25) is 0 Å². The summed E-state index contributed by atoms with van der Waals surface area (Å²) in [5.74, 6) is -9.84. The molecule has 0 aromatic heterocycles. The summed E-state index contributed by atoms with van der Waals surface area (Å²) in [4.78, 5) is 23.2. The highest BCUT2D eigenvalue weighted by Gasteiger charge is 2.67. The summed E-state index contributed by atoms with van der Waals surface area (Å²) in [5, 5.41) is -2.67. The molecule has 0 aliphatic rings. The number of alkyl halides is 8. The van der Waals surface area contributed by atoms with Gasteiger partial charge in [-0.1, -0.05) is 6.58 Å². The lowest BCUT2D eigenvalue weighted by Gasteiger charge is -2.34. The van der Waals surface area contributed by atoms with Crippen molar-refractivity contribution in [3.63, 3.8) is 0 Å². The second-order valence-electron chi connectivity index (χ2n) is 5.06. The molecule has 0 radical (unpaired) electrons. The standard InChI is InChI=1S/C12H13F8NO4S/c1-5(2)21-8(23)10(12(18,19)20,24-4-9(13,14)26)25-7(22)6(3)11(15,16)17/h5,26H,3-4H2,1-2H3,(H,21,23). The Morgan fingerprint density at radius 3 is 1.85 bits per heavy atom. The van der Waals surface area contributed by atoms with Gasteiger partial charge in [0.1, 0.15) is 12.2 Å². The van der Waals surface area contributed by atoms with Gasteiger partial charge in [-0.05, 0) is 13.8 Å². The van der Waals surface area contributed by atoms with Gasteiger partial charge in [-0.15, -0.1) is 12.6 Å². The van der Waals surface area contributed by atoms with Gasteiger partial charge in [0.15, 0.2) is 0 Å². The molecule has 0 aromatic rings. The normalized spacial score (nSPS) is 15.4. The first-order valence-corrected chi connectivity index (χ1v) is 6.89. The van der Waals surface area contributed by atoms with Crippen LogP contribution >= 0.6 is 12.6 Å². The predicted octanol–water partition coefficient (Wildman–Crippen LogP) is 2.97. The van der Waals surface area contributed by atoms with Crippen molar-refractivity contribution in [2.45, 2.75) is 43.3 Å². The molecule has 14 heteroatoms. The molecule has 0 aliphatic heterocycles. The summed E-state index contributed by atoms with van der Waals surface area (Å²) in [7, 11) is 0. The summed E-state index contributed by atoms with van der Waals surface area (Å²) in [6.45, 7) is 2.27. The van der Waals surface area contributed by atoms with Gasteiger partial charge in [-0.25, -0.2) is 4.79 Å². The molecule has 0 saturated carbocycles. The van der Waals surface area contributed by atoms with Crippen molar-refractivity contribution in [3.05, 3.63) is 12.2 Å². The Morgan fingerprint density at radius 1 is 1.08 bits per heavy atom. The van der Waals surface area contributed by atoms with E-state index in [1.807, 2.05) is 0 Å². The molecule has 0 saturated heterocycles. The van der Waals surface area contributed by atoms with Crippen LogP contribution in [0.5, 0.6) is 0 Å². The van der Waals surface area contributed by atoms with Crippen LogP contribution < -0.4 is 5.32 Å². The van der Waals surface area contributed by atoms with Gasteiger partial charge in [0, 0.05) is 6.04 Å². The predicted molar refractivity (Wildman–Crippen MR) is 73.2 cm³/mol. The van der Waals surface area contributed by atoms with Crippen LogP contribution in [0.3, 0.4) is 0 Å². The Balaban J connectivity index is 6.06. The maximum absolute atomic E-state index is 13.3. The zero-order valence-corrected chi connectivity index (χ0v) is 14.0. The average Bonchev–Trinajstić information content (AvgIpc) is 2.37. The lowest BCUT2D eigenvalue weighted by molar-refractivity contribution is -0.353. The fourth-order valence-electron chi connectivity index (χ4n) is 1.26. The number of hydrogen-bond donors (Lipinski definition) is 2. The highest BCUT2D eigenvalue weighted by Crippen LogP contribution is 2.39. The monoisotopic (exact) mass is 419 g/mol. The summed E-state index contributed by atoms with van der Waals surface area (Å²) >= 11 is 2.58. The number of carbonyl (C=O) groups excluding carboxylic acids is 2. The van der Waals surface area contributed by atoms with Gasteiger partial charge in [0.25, 0.3) is 0 Å². The van der Waals surface area contributed by atoms with Crippen LogP contribution in [0, 0.1) is 0 Å². The van der Waals surface area contributed by atoms with Crippen LogP contribution in [-0.2, 0) is 19.1 Å². The second kappa shape index (κ2) is 7.98. The number of amides is 1. The lowest BCUT2D eigenvalue weighted by atomic mass is 10.2. The molecule has 1 N–H and O–H groups in total. The van der Waals surface area contributed by atoms with E-state index in [0.29, 0.717) is 0 Å². The number of ether oxygens (including phenoxy) is 2. The van der Waals surface area contributed by atoms with E-state index in [4.69, 9.17) is 0 Å². The van der Waals surface area contributed by atoms with Crippen LogP contribution in [0.4, 0.5) is 35.1 Å². The molecule has 1 atom stereocenters. The van der Waals surface area contributed by atoms with Crippen molar-refractivity contribution in [2.75, 3.05) is 6.61 Å². The third-order valence-corrected chi connectivity index (χ3v) is 2.50. The number of carbonyl (C=O) groups is 2. The Hall–Kier alpha value is -1.57. The fourth-order valence-corrected chi connectivity index (χ4v) is 1.33. The van der Waals surface area contributed by atoms with E-state index in [-0.39, 0.29) is 0 Å². The summed E-state index contributed by atoms with van der Waals surface area (Å²) in [6, 6.07) is -1.05. The third-order valence-electron chi connectivity index (χ3n) is 2.37. The summed E-state index contributed by atoms with van der Waals surface area (Å²) in [5.41, 5.74) is -2.41. The van der Waals surface area contributed by atoms with Crippen molar-refractivity contribution in [3.8, 4) is 0 Å². The number of nitrogens with one attached hydrogen (secondary N) is 1. The number of rotatable bonds is 7. The Labute approximate surface area is 147 Å². The number of esters is 1. The molecule has 152 valence electrons. The fraction of sp³-hybridized carbons (Fsp3) is 0.667. The van der Waals surface area contributed by atoms with E-state index in [0.717, 1.165) is 13.8 Å². The van der Waals surface area contributed by atoms with E-state index in [2.05, 4.69) is 28.7 Å². The van der Waals surface area contributed by atoms with Gasteiger partial charge < -0.3 is 14.8 Å². The summed E-state index contributed by atoms with van der Waals surface area (Å²) in [6.07, 6.45) is -11.5. The van der Waals surface area contributed by atoms with E-state index >= 15 is 0 Å². The first kappa shape index (κ1) is 24.4. The van der Waals surface area contributed by atoms with E-state index in [9.17, 15) is 44.7 Å². The summed E-state index contributed by atoms with van der Waals surface area (Å²) < 4.78 is 110. The molecule has 0 fully saturated rings. The molecular weight excluding hydrogens is 406 g/mol. The van der Waals surface area contributed by atoms with E-state index in [1.165, 1.54) is 0 Å². The highest BCUT2D eigenvalue weighted by molar-refractivity contribution is 7.81. The molecule has 0 aliphatic carbocycles. The molecule has 0 rings (SSSR count). The highest BCUT2D eigenvalue weighted by atomic mass is 32.1. The number of thiol groups is 1. The number of halogens is 8. The zero-order valence-electron chi connectivity index (χ0n) is 13.1. The maximum atomic E-state index is 13.3. The molecule has 1 unspecified atom stereocenters. The molecule has 1 amide bonds. The third kappa shape index (κ3) is 6.63. The van der Waals surface area contributed by atoms with Crippen molar-refractivity contribution < 1.29 is 54.2 Å². The van der Waals surface area contributed by atoms with E-state index < -0.39 is 53.5 Å². The maximum Gasteiger partial charge on any atom is 0.466 e. The quantitative estimate of drug-likeness (QED) is 0.219. The van der Waals surface area contributed by atoms with Crippen molar-refractivity contribution in [2.24, 2.45) is 0 Å². The molecule has 5 nitrogen and oxygen atoms in total. The largest absolute Gasteiger partial charge is 0.466 e. The van der Waals surface area contributed by atoms with Crippen LogP contribution in [0.1, 0.15) is 13.8 Å². The van der Waals surface area contributed by atoms with Crippen LogP contribution in [0.2, 0.25) is 0 Å². The zero-order chi connectivity index (χ0) is 21.1. The van der Waals surface area contributed by atoms with Crippen molar-refractivity contribution in [1.82, 2.24) is 5.32 Å². The van der Waals surface area contributed by atoms with Gasteiger partial charge in [0.05, 0.1) is 0 Å². The molecule has 0 heterocycles. The van der Waals surface area contributed by atoms with E-state index in [1.54, 1.807) is 5.32 Å². The van der Waals surface area contributed by atoms with Gasteiger partial charge in [-0.3, -0.25) is 4.79 Å². The molecule has 0 spiro atoms. The molecule has 0 aromatic carbocycles. The average molecular weight is 419 g/mol. The molecule has 26 heavy (non-hydrogen) atoms. The van der Waals surface area contributed by atoms with Crippen LogP contribution in [-0.4, -0.2) is 47.9 Å². The minimum absolute atomic E-state index is 1.05. The number of hydrogen-bond acceptors (Lipinski definition) is 5. The van der Waals surface area contributed by atoms with Crippen LogP contribution in [0.25, 0.3) is 0 Å². The first-order chi connectivity index (χ1) is 11.3. The Kier molecular flexibility index (Phi) is 7.50. The molecule has 0 bridgehead atoms. The smallest absolute Gasteiger partial charge is 0.412 e. The topological polar surface area (TPSA) is 64.6 Å². The Bertz CT molecular complexity index is 555. The first-order valence-electron chi connectivity index (χ1n) is 6.45. The van der Waals surface area contributed by atoms with Crippen molar-refractivity contribution >= 4 is 24.5 Å². The van der Waals surface area contributed by atoms with Gasteiger partial charge >= 0.3 is 35.3 Å². The second-order valence-corrected chi connectivity index (χ2v) is 5.72.